The van der Waals surface area contributed by atoms with E-state index < -0.39 is 0 Å². The van der Waals surface area contributed by atoms with Gasteiger partial charge in [0.25, 0.3) is 0 Å². The first kappa shape index (κ1) is 29.3. The molecule has 0 amide bonds. The number of hydrogen-bond acceptors (Lipinski definition) is 2. The molecule has 0 aliphatic heterocycles. The summed E-state index contributed by atoms with van der Waals surface area (Å²) in [6, 6.07) is 30.7. The van der Waals surface area contributed by atoms with Gasteiger partial charge in [-0.15, -0.1) is 0 Å². The number of nitrogens with zero attached hydrogens (tertiary/aromatic N) is 4. The van der Waals surface area contributed by atoms with Crippen LogP contribution in [0, 0.1) is 6.92 Å². The average Bonchev–Trinajstić information content (AvgIpc) is 3.52. The topological polar surface area (TPSA) is 35.6 Å². The summed E-state index contributed by atoms with van der Waals surface area (Å²) in [6.07, 6.45) is 2.01. The first-order valence-corrected chi connectivity index (χ1v) is 15.3. The van der Waals surface area contributed by atoms with Crippen LogP contribution in [-0.4, -0.2) is 19.1 Å². The molecule has 216 valence electrons. The van der Waals surface area contributed by atoms with Crippen molar-refractivity contribution in [1.82, 2.24) is 19.1 Å². The lowest BCUT2D eigenvalue weighted by Gasteiger charge is -2.23. The first-order chi connectivity index (χ1) is 20.2. The zero-order valence-corrected chi connectivity index (χ0v) is 26.5. The molecule has 0 unspecified atom stereocenters. The smallest absolute Gasteiger partial charge is 0.140 e. The van der Waals surface area contributed by atoms with Crippen LogP contribution < -0.4 is 0 Å². The highest BCUT2D eigenvalue weighted by Gasteiger charge is 2.19. The second-order valence-corrected chi connectivity index (χ2v) is 12.0. The summed E-state index contributed by atoms with van der Waals surface area (Å²) in [7, 11) is 2.10. The maximum Gasteiger partial charge on any atom is 0.140 e. The summed E-state index contributed by atoms with van der Waals surface area (Å²) >= 11 is 0. The second-order valence-electron chi connectivity index (χ2n) is 12.0. The van der Waals surface area contributed by atoms with Crippen LogP contribution >= 0.6 is 0 Å². The molecular weight excluding hydrogens is 512 g/mol. The van der Waals surface area contributed by atoms with E-state index >= 15 is 0 Å². The van der Waals surface area contributed by atoms with Gasteiger partial charge in [0.2, 0.25) is 0 Å². The van der Waals surface area contributed by atoms with E-state index in [1.807, 2.05) is 19.9 Å². The molecule has 0 aliphatic carbocycles. The number of para-hydroxylation sites is 2. The van der Waals surface area contributed by atoms with E-state index in [4.69, 9.17) is 9.97 Å². The minimum Gasteiger partial charge on any atom is -0.327 e. The number of imidazole rings is 2. The Hall–Kier alpha value is -4.18. The maximum absolute atomic E-state index is 5.14. The third kappa shape index (κ3) is 5.51. The van der Waals surface area contributed by atoms with E-state index in [-0.39, 0.29) is 5.41 Å². The van der Waals surface area contributed by atoms with Gasteiger partial charge in [0.1, 0.15) is 11.6 Å². The lowest BCUT2D eigenvalue weighted by Crippen LogP contribution is -2.12. The van der Waals surface area contributed by atoms with Crippen molar-refractivity contribution >= 4 is 22.1 Å². The van der Waals surface area contributed by atoms with Crippen LogP contribution in [0.15, 0.2) is 84.9 Å². The highest BCUT2D eigenvalue weighted by molar-refractivity contribution is 5.87. The van der Waals surface area contributed by atoms with Crippen molar-refractivity contribution in [3.8, 4) is 22.5 Å². The molecule has 4 aromatic carbocycles. The molecule has 0 bridgehead atoms. The van der Waals surface area contributed by atoms with Crippen LogP contribution in [0.4, 0.5) is 0 Å². The van der Waals surface area contributed by atoms with Gasteiger partial charge in [-0.2, -0.15) is 0 Å². The van der Waals surface area contributed by atoms with E-state index in [1.54, 1.807) is 0 Å². The van der Waals surface area contributed by atoms with Gasteiger partial charge in [-0.3, -0.25) is 0 Å². The van der Waals surface area contributed by atoms with Crippen molar-refractivity contribution in [1.29, 1.82) is 0 Å². The number of hydrogen-bond donors (Lipinski definition) is 0. The van der Waals surface area contributed by atoms with Gasteiger partial charge in [0.05, 0.1) is 22.1 Å². The Labute approximate surface area is 251 Å². The van der Waals surface area contributed by atoms with Crippen LogP contribution in [0.25, 0.3) is 44.6 Å². The Kier molecular flexibility index (Phi) is 8.36. The van der Waals surface area contributed by atoms with Crippen molar-refractivity contribution in [2.75, 3.05) is 0 Å². The van der Waals surface area contributed by atoms with Crippen LogP contribution in [0.1, 0.15) is 70.5 Å². The molecule has 0 saturated carbocycles. The number of benzene rings is 4. The third-order valence-corrected chi connectivity index (χ3v) is 7.98. The molecule has 2 aromatic heterocycles. The Morgan fingerprint density at radius 3 is 2.14 bits per heavy atom. The fraction of sp³-hybridized carbons (Fsp3) is 0.316. The van der Waals surface area contributed by atoms with Crippen LogP contribution in [-0.2, 0) is 25.4 Å². The Balaban J connectivity index is 0.00000173. The normalized spacial score (nSPS) is 11.6. The molecule has 0 N–H and O–H groups in total. The van der Waals surface area contributed by atoms with Crippen molar-refractivity contribution < 1.29 is 0 Å². The quantitative estimate of drug-likeness (QED) is 0.205. The number of aromatic nitrogens is 4. The van der Waals surface area contributed by atoms with Crippen molar-refractivity contribution in [2.24, 2.45) is 7.05 Å². The van der Waals surface area contributed by atoms with E-state index in [2.05, 4.69) is 130 Å². The molecule has 6 rings (SSSR count). The van der Waals surface area contributed by atoms with E-state index in [0.29, 0.717) is 0 Å². The van der Waals surface area contributed by atoms with Crippen LogP contribution in [0.5, 0.6) is 0 Å². The molecule has 2 heterocycles. The highest BCUT2D eigenvalue weighted by Crippen LogP contribution is 2.34. The summed E-state index contributed by atoms with van der Waals surface area (Å²) in [5.41, 5.74) is 12.0. The van der Waals surface area contributed by atoms with Gasteiger partial charge in [0.15, 0.2) is 0 Å². The number of rotatable bonds is 6. The lowest BCUT2D eigenvalue weighted by molar-refractivity contribution is 0.592. The van der Waals surface area contributed by atoms with Crippen molar-refractivity contribution in [2.45, 2.75) is 73.3 Å². The zero-order valence-electron chi connectivity index (χ0n) is 26.5. The van der Waals surface area contributed by atoms with Crippen molar-refractivity contribution in [3.63, 3.8) is 0 Å². The molecule has 0 spiro atoms. The molecule has 4 heteroatoms. The minimum absolute atomic E-state index is 0.0919. The van der Waals surface area contributed by atoms with Crippen LogP contribution in [0.2, 0.25) is 0 Å². The highest BCUT2D eigenvalue weighted by atomic mass is 15.1. The summed E-state index contributed by atoms with van der Waals surface area (Å²) in [6.45, 7) is 16.0. The summed E-state index contributed by atoms with van der Waals surface area (Å²) in [4.78, 5) is 10.1. The average molecular weight is 557 g/mol. The third-order valence-electron chi connectivity index (χ3n) is 7.98. The summed E-state index contributed by atoms with van der Waals surface area (Å²) < 4.78 is 4.61. The molecule has 6 aromatic rings. The molecule has 0 radical (unpaired) electrons. The van der Waals surface area contributed by atoms with Crippen molar-refractivity contribution in [3.05, 3.63) is 107 Å². The van der Waals surface area contributed by atoms with Gasteiger partial charge >= 0.3 is 0 Å². The second kappa shape index (κ2) is 12.0. The van der Waals surface area contributed by atoms with E-state index in [9.17, 15) is 0 Å². The predicted molar refractivity (Wildman–Crippen MR) is 179 cm³/mol. The molecule has 0 saturated heterocycles. The van der Waals surface area contributed by atoms with E-state index in [0.717, 1.165) is 53.1 Å². The number of fused-ring (bicyclic) bond motifs is 2. The Bertz CT molecular complexity index is 1830. The standard InChI is InChI=1S/C36H38N4.C2H6/c1-7-12-33-38-34-24(2)21-27(35-37-30-15-10-11-16-31(30)39(35)6)22-32(34)40(33)23-25-17-19-26(20-18-25)28-13-8-9-14-29(28)36(3,4)5;1-2/h8-11,13-22H,7,12,23H2,1-6H3;1-2H3. The molecule has 4 nitrogen and oxygen atoms in total. The molecular formula is C38H44N4. The molecule has 42 heavy (non-hydrogen) atoms. The molecule has 0 fully saturated rings. The first-order valence-electron chi connectivity index (χ1n) is 15.3. The Morgan fingerprint density at radius 1 is 0.762 bits per heavy atom. The van der Waals surface area contributed by atoms with Gasteiger partial charge in [-0.25, -0.2) is 9.97 Å². The fourth-order valence-electron chi connectivity index (χ4n) is 5.93. The molecule has 0 aliphatic rings. The largest absolute Gasteiger partial charge is 0.327 e. The summed E-state index contributed by atoms with van der Waals surface area (Å²) in [5.74, 6) is 2.13. The summed E-state index contributed by atoms with van der Waals surface area (Å²) in [5, 5.41) is 0. The Morgan fingerprint density at radius 2 is 1.45 bits per heavy atom. The lowest BCUT2D eigenvalue weighted by atomic mass is 9.82. The number of aryl methyl sites for hydroxylation is 3. The minimum atomic E-state index is 0.0919. The van der Waals surface area contributed by atoms with Crippen LogP contribution in [0.3, 0.4) is 0 Å². The van der Waals surface area contributed by atoms with Gasteiger partial charge in [0, 0.05) is 25.6 Å². The molecule has 0 atom stereocenters. The van der Waals surface area contributed by atoms with Gasteiger partial charge in [-0.05, 0) is 70.8 Å². The fourth-order valence-corrected chi connectivity index (χ4v) is 5.93. The van der Waals surface area contributed by atoms with E-state index in [1.165, 1.54) is 33.3 Å². The SMILES string of the molecule is CC.CCCc1nc2c(C)cc(-c3nc4ccccc4n3C)cc2n1Cc1ccc(-c2ccccc2C(C)(C)C)cc1. The van der Waals surface area contributed by atoms with Gasteiger partial charge in [-0.1, -0.05) is 102 Å². The predicted octanol–water partition coefficient (Wildman–Crippen LogP) is 9.89. The monoisotopic (exact) mass is 556 g/mol. The maximum atomic E-state index is 5.14. The van der Waals surface area contributed by atoms with Gasteiger partial charge < -0.3 is 9.13 Å². The zero-order chi connectivity index (χ0) is 30.0.